The summed E-state index contributed by atoms with van der Waals surface area (Å²) < 4.78 is 14.0. The molecule has 1 nitrogen and oxygen atoms in total. The fourth-order valence-corrected chi connectivity index (χ4v) is 2.21. The minimum Gasteiger partial charge on any atom is -0.288 e. The van der Waals surface area contributed by atoms with Crippen LogP contribution >= 0.6 is 0 Å². The van der Waals surface area contributed by atoms with Crippen LogP contribution < -0.4 is 0 Å². The topological polar surface area (TPSA) is 17.1 Å². The second kappa shape index (κ2) is 4.65. The molecule has 0 amide bonds. The Labute approximate surface area is 110 Å². The van der Waals surface area contributed by atoms with Crippen LogP contribution in [0.25, 0.3) is 10.8 Å². The molecule has 3 aromatic rings. The Morgan fingerprint density at radius 1 is 0.789 bits per heavy atom. The van der Waals surface area contributed by atoms with Crippen molar-refractivity contribution in [1.29, 1.82) is 0 Å². The zero-order valence-electron chi connectivity index (χ0n) is 10.1. The fraction of sp³-hybridized carbons (Fsp3) is 0. The number of benzene rings is 3. The Morgan fingerprint density at radius 3 is 2.26 bits per heavy atom. The number of carbonyl (C=O) groups is 1. The molecule has 2 heteroatoms. The van der Waals surface area contributed by atoms with Crippen LogP contribution in [-0.4, -0.2) is 5.78 Å². The summed E-state index contributed by atoms with van der Waals surface area (Å²) in [6.07, 6.45) is 0. The highest BCUT2D eigenvalue weighted by Crippen LogP contribution is 2.24. The molecule has 0 bridgehead atoms. The molecule has 0 aliphatic carbocycles. The number of carbonyl (C=O) groups excluding carboxylic acids is 1. The zero-order chi connectivity index (χ0) is 13.2. The molecule has 0 aliphatic rings. The maximum Gasteiger partial charge on any atom is 0.196 e. The van der Waals surface area contributed by atoms with E-state index in [0.29, 0.717) is 10.9 Å². The molecule has 0 radical (unpaired) electrons. The van der Waals surface area contributed by atoms with Gasteiger partial charge in [0.2, 0.25) is 0 Å². The summed E-state index contributed by atoms with van der Waals surface area (Å²) in [7, 11) is 0. The third-order valence-electron chi connectivity index (χ3n) is 3.14. The van der Waals surface area contributed by atoms with Gasteiger partial charge in [-0.2, -0.15) is 0 Å². The molecular formula is C17H11FO. The molecule has 0 saturated heterocycles. The van der Waals surface area contributed by atoms with Crippen LogP contribution in [0.4, 0.5) is 4.39 Å². The average molecular weight is 250 g/mol. The van der Waals surface area contributed by atoms with Gasteiger partial charge >= 0.3 is 0 Å². The van der Waals surface area contributed by atoms with Crippen molar-refractivity contribution in [2.75, 3.05) is 0 Å². The lowest BCUT2D eigenvalue weighted by molar-refractivity contribution is 0.103. The van der Waals surface area contributed by atoms with Crippen molar-refractivity contribution in [2.45, 2.75) is 0 Å². The molecule has 0 spiro atoms. The van der Waals surface area contributed by atoms with Crippen LogP contribution in [0.3, 0.4) is 0 Å². The Kier molecular flexibility index (Phi) is 2.84. The van der Waals surface area contributed by atoms with Gasteiger partial charge < -0.3 is 0 Å². The minimum absolute atomic E-state index is 0.143. The van der Waals surface area contributed by atoms with Crippen molar-refractivity contribution in [3.8, 4) is 0 Å². The normalized spacial score (nSPS) is 10.6. The summed E-state index contributed by atoms with van der Waals surface area (Å²) in [5, 5.41) is 1.51. The number of halogens is 1. The van der Waals surface area contributed by atoms with Gasteiger partial charge in [0.15, 0.2) is 5.78 Å². The monoisotopic (exact) mass is 250 g/mol. The van der Waals surface area contributed by atoms with E-state index in [0.717, 1.165) is 5.39 Å². The molecule has 0 heterocycles. The van der Waals surface area contributed by atoms with Crippen molar-refractivity contribution >= 4 is 16.6 Å². The minimum atomic E-state index is -0.479. The highest BCUT2D eigenvalue weighted by atomic mass is 19.1. The van der Waals surface area contributed by atoms with Crippen LogP contribution in [0.15, 0.2) is 66.7 Å². The number of rotatable bonds is 2. The van der Waals surface area contributed by atoms with E-state index >= 15 is 0 Å². The van der Waals surface area contributed by atoms with Crippen molar-refractivity contribution in [2.24, 2.45) is 0 Å². The number of hydrogen-bond donors (Lipinski definition) is 0. The van der Waals surface area contributed by atoms with Crippen LogP contribution in [-0.2, 0) is 0 Å². The lowest BCUT2D eigenvalue weighted by Crippen LogP contribution is -2.05. The van der Waals surface area contributed by atoms with Gasteiger partial charge in [-0.3, -0.25) is 4.79 Å². The zero-order valence-corrected chi connectivity index (χ0v) is 10.1. The smallest absolute Gasteiger partial charge is 0.196 e. The Balaban J connectivity index is 2.25. The predicted octanol–water partition coefficient (Wildman–Crippen LogP) is 4.21. The molecule has 0 aliphatic heterocycles. The van der Waals surface area contributed by atoms with Crippen molar-refractivity contribution in [3.63, 3.8) is 0 Å². The molecule has 0 aromatic heterocycles. The third kappa shape index (κ3) is 2.02. The van der Waals surface area contributed by atoms with Crippen molar-refractivity contribution in [3.05, 3.63) is 83.7 Å². The van der Waals surface area contributed by atoms with E-state index < -0.39 is 5.82 Å². The number of hydrogen-bond acceptors (Lipinski definition) is 1. The summed E-state index contributed by atoms with van der Waals surface area (Å²) in [5.41, 5.74) is 0.641. The molecular weight excluding hydrogens is 239 g/mol. The summed E-state index contributed by atoms with van der Waals surface area (Å²) in [6.45, 7) is 0. The van der Waals surface area contributed by atoms with Crippen LogP contribution in [0.5, 0.6) is 0 Å². The molecule has 0 atom stereocenters. The predicted molar refractivity (Wildman–Crippen MR) is 73.8 cm³/mol. The first-order valence-electron chi connectivity index (χ1n) is 6.04. The van der Waals surface area contributed by atoms with E-state index in [1.807, 2.05) is 24.3 Å². The van der Waals surface area contributed by atoms with Gasteiger partial charge in [-0.1, -0.05) is 60.7 Å². The van der Waals surface area contributed by atoms with Gasteiger partial charge in [-0.25, -0.2) is 4.39 Å². The maximum atomic E-state index is 14.0. The molecule has 3 rings (SSSR count). The quantitative estimate of drug-likeness (QED) is 0.623. The van der Waals surface area contributed by atoms with Gasteiger partial charge in [0.25, 0.3) is 0 Å². The van der Waals surface area contributed by atoms with E-state index in [9.17, 15) is 9.18 Å². The Hall–Kier alpha value is -2.48. The lowest BCUT2D eigenvalue weighted by atomic mass is 9.97. The van der Waals surface area contributed by atoms with Gasteiger partial charge in [0, 0.05) is 5.56 Å². The molecule has 19 heavy (non-hydrogen) atoms. The van der Waals surface area contributed by atoms with Crippen molar-refractivity contribution < 1.29 is 9.18 Å². The fourth-order valence-electron chi connectivity index (χ4n) is 2.21. The van der Waals surface area contributed by atoms with Gasteiger partial charge in [0.1, 0.15) is 5.82 Å². The van der Waals surface area contributed by atoms with Crippen LogP contribution in [0.2, 0.25) is 0 Å². The first-order valence-corrected chi connectivity index (χ1v) is 6.04. The van der Waals surface area contributed by atoms with E-state index in [4.69, 9.17) is 0 Å². The molecule has 92 valence electrons. The first kappa shape index (κ1) is 11.6. The first-order chi connectivity index (χ1) is 9.27. The van der Waals surface area contributed by atoms with Gasteiger partial charge in [-0.05, 0) is 16.8 Å². The van der Waals surface area contributed by atoms with Crippen LogP contribution in [0, 0.1) is 5.82 Å². The van der Waals surface area contributed by atoms with E-state index in [-0.39, 0.29) is 11.3 Å². The third-order valence-corrected chi connectivity index (χ3v) is 3.14. The lowest BCUT2D eigenvalue weighted by Gasteiger charge is -2.07. The molecule has 0 unspecified atom stereocenters. The highest BCUT2D eigenvalue weighted by Gasteiger charge is 2.16. The second-order valence-corrected chi connectivity index (χ2v) is 4.34. The SMILES string of the molecule is O=C(c1ccccc1)c1c(F)ccc2ccccc12. The van der Waals surface area contributed by atoms with E-state index in [1.165, 1.54) is 6.07 Å². The molecule has 0 N–H and O–H groups in total. The summed E-state index contributed by atoms with van der Waals surface area (Å²) in [6, 6.07) is 19.1. The largest absolute Gasteiger partial charge is 0.288 e. The standard InChI is InChI=1S/C17H11FO/c18-15-11-10-12-6-4-5-9-14(12)16(15)17(19)13-7-2-1-3-8-13/h1-11H. The maximum absolute atomic E-state index is 14.0. The average Bonchev–Trinajstić information content (AvgIpc) is 2.47. The van der Waals surface area contributed by atoms with E-state index in [1.54, 1.807) is 36.4 Å². The molecule has 3 aromatic carbocycles. The highest BCUT2D eigenvalue weighted by molar-refractivity contribution is 6.16. The summed E-state index contributed by atoms with van der Waals surface area (Å²) in [4.78, 5) is 12.4. The number of fused-ring (bicyclic) bond motifs is 1. The van der Waals surface area contributed by atoms with Gasteiger partial charge in [0.05, 0.1) is 5.56 Å². The van der Waals surface area contributed by atoms with Gasteiger partial charge in [-0.15, -0.1) is 0 Å². The van der Waals surface area contributed by atoms with Crippen LogP contribution in [0.1, 0.15) is 15.9 Å². The summed E-state index contributed by atoms with van der Waals surface area (Å²) in [5.74, 6) is -0.762. The number of ketones is 1. The molecule has 0 fully saturated rings. The Bertz CT molecular complexity index is 748. The Morgan fingerprint density at radius 2 is 1.47 bits per heavy atom. The van der Waals surface area contributed by atoms with Crippen molar-refractivity contribution in [1.82, 2.24) is 0 Å². The second-order valence-electron chi connectivity index (χ2n) is 4.34. The molecule has 0 saturated carbocycles. The van der Waals surface area contributed by atoms with E-state index in [2.05, 4.69) is 0 Å². The summed E-state index contributed by atoms with van der Waals surface area (Å²) >= 11 is 0.